The van der Waals surface area contributed by atoms with Crippen LogP contribution in [0.3, 0.4) is 0 Å². The number of benzene rings is 1. The third kappa shape index (κ3) is 4.66. The van der Waals surface area contributed by atoms with E-state index in [9.17, 15) is 0 Å². The van der Waals surface area contributed by atoms with Gasteiger partial charge in [-0.1, -0.05) is 44.2 Å². The summed E-state index contributed by atoms with van der Waals surface area (Å²) in [6.07, 6.45) is 6.60. The Morgan fingerprint density at radius 2 is 1.53 bits per heavy atom. The van der Waals surface area contributed by atoms with Gasteiger partial charge in [0.05, 0.1) is 24.5 Å². The van der Waals surface area contributed by atoms with Crippen LogP contribution in [-0.4, -0.2) is 12.3 Å². The van der Waals surface area contributed by atoms with Crippen LogP contribution in [0.5, 0.6) is 0 Å². The lowest BCUT2D eigenvalue weighted by atomic mass is 10.2. The molecule has 0 fully saturated rings. The Labute approximate surface area is 103 Å². The van der Waals surface area contributed by atoms with Crippen molar-refractivity contribution in [2.45, 2.75) is 32.9 Å². The first-order valence-corrected chi connectivity index (χ1v) is 10.2. The maximum Gasteiger partial charge on any atom is 0.139 e. The molecular weight excluding hydrogens is 267 g/mol. The van der Waals surface area contributed by atoms with Crippen molar-refractivity contribution in [2.75, 3.05) is 12.3 Å². The van der Waals surface area contributed by atoms with Crippen LogP contribution in [0.25, 0.3) is 0 Å². The SMILES string of the molecule is CCC[P+](Br)(CCC)Cc1ccccc1. The third-order valence-corrected chi connectivity index (χ3v) is 8.87. The van der Waals surface area contributed by atoms with Gasteiger partial charge in [0.2, 0.25) is 0 Å². The van der Waals surface area contributed by atoms with Gasteiger partial charge in [0.25, 0.3) is 0 Å². The predicted octanol–water partition coefficient (Wildman–Crippen LogP) is 5.33. The molecule has 0 aliphatic heterocycles. The first-order chi connectivity index (χ1) is 7.20. The highest BCUT2D eigenvalue weighted by Gasteiger charge is 2.33. The monoisotopic (exact) mass is 287 g/mol. The van der Waals surface area contributed by atoms with E-state index in [0.29, 0.717) is 0 Å². The highest BCUT2D eigenvalue weighted by atomic mass is 79.9. The standard InChI is InChI=1S/C13H21BrP/c1-3-10-15(14,11-4-2)12-13-8-6-5-7-9-13/h5-9H,3-4,10-12H2,1-2H3/q+1. The quantitative estimate of drug-likeness (QED) is 0.620. The summed E-state index contributed by atoms with van der Waals surface area (Å²) in [5.41, 5.74) is 1.49. The van der Waals surface area contributed by atoms with Crippen molar-refractivity contribution in [1.82, 2.24) is 0 Å². The lowest BCUT2D eigenvalue weighted by Gasteiger charge is -2.18. The Bertz CT molecular complexity index is 265. The van der Waals surface area contributed by atoms with Crippen molar-refractivity contribution in [1.29, 1.82) is 0 Å². The molecule has 0 aromatic heterocycles. The molecule has 0 unspecified atom stereocenters. The zero-order valence-electron chi connectivity index (χ0n) is 9.75. The van der Waals surface area contributed by atoms with Gasteiger partial charge in [-0.25, -0.2) is 0 Å². The Morgan fingerprint density at radius 3 is 2.00 bits per heavy atom. The third-order valence-electron chi connectivity index (χ3n) is 2.56. The van der Waals surface area contributed by atoms with Gasteiger partial charge >= 0.3 is 0 Å². The summed E-state index contributed by atoms with van der Waals surface area (Å²) in [6, 6.07) is 10.9. The minimum atomic E-state index is -0.879. The molecule has 15 heavy (non-hydrogen) atoms. The predicted molar refractivity (Wildman–Crippen MR) is 76.3 cm³/mol. The van der Waals surface area contributed by atoms with Gasteiger partial charge < -0.3 is 0 Å². The van der Waals surface area contributed by atoms with Gasteiger partial charge in [-0.05, 0) is 18.4 Å². The Morgan fingerprint density at radius 1 is 1.00 bits per heavy atom. The summed E-state index contributed by atoms with van der Waals surface area (Å²) < 4.78 is 0. The van der Waals surface area contributed by atoms with E-state index in [1.165, 1.54) is 36.9 Å². The molecule has 1 aromatic carbocycles. The summed E-state index contributed by atoms with van der Waals surface area (Å²) in [4.78, 5) is 0. The minimum Gasteiger partial charge on any atom is -0.0622 e. The average molecular weight is 288 g/mol. The van der Waals surface area contributed by atoms with Crippen molar-refractivity contribution < 1.29 is 0 Å². The van der Waals surface area contributed by atoms with Gasteiger partial charge in [0, 0.05) is 0 Å². The van der Waals surface area contributed by atoms with Crippen LogP contribution < -0.4 is 0 Å². The van der Waals surface area contributed by atoms with Gasteiger partial charge in [0.15, 0.2) is 0 Å². The van der Waals surface area contributed by atoms with E-state index >= 15 is 0 Å². The highest BCUT2D eigenvalue weighted by molar-refractivity contribution is 9.42. The summed E-state index contributed by atoms with van der Waals surface area (Å²) in [5.74, 6) is -0.879. The molecule has 1 aromatic rings. The van der Waals surface area contributed by atoms with E-state index in [1.54, 1.807) is 0 Å². The molecule has 84 valence electrons. The van der Waals surface area contributed by atoms with Crippen LogP contribution in [0.2, 0.25) is 0 Å². The molecule has 0 aliphatic carbocycles. The molecule has 0 spiro atoms. The largest absolute Gasteiger partial charge is 0.139 e. The van der Waals surface area contributed by atoms with E-state index in [-0.39, 0.29) is 0 Å². The van der Waals surface area contributed by atoms with Crippen LogP contribution in [-0.2, 0) is 6.16 Å². The summed E-state index contributed by atoms with van der Waals surface area (Å²) in [6.45, 7) is 4.58. The molecule has 0 saturated heterocycles. The second kappa shape index (κ2) is 6.66. The van der Waals surface area contributed by atoms with Gasteiger partial charge in [-0.3, -0.25) is 0 Å². The molecule has 1 rings (SSSR count). The Hall–Kier alpha value is 0.130. The van der Waals surface area contributed by atoms with Crippen molar-refractivity contribution in [3.8, 4) is 0 Å². The first-order valence-electron chi connectivity index (χ1n) is 5.80. The number of hydrogen-bond acceptors (Lipinski definition) is 0. The second-order valence-electron chi connectivity index (χ2n) is 4.12. The van der Waals surface area contributed by atoms with Gasteiger partial charge in [0.1, 0.15) is 15.5 Å². The average Bonchev–Trinajstić information content (AvgIpc) is 2.19. The summed E-state index contributed by atoms with van der Waals surface area (Å²) in [7, 11) is 0. The Balaban J connectivity index is 2.66. The molecule has 0 nitrogen and oxygen atoms in total. The zero-order chi connectivity index (χ0) is 11.1. The molecule has 0 radical (unpaired) electrons. The zero-order valence-corrected chi connectivity index (χ0v) is 12.2. The van der Waals surface area contributed by atoms with Crippen LogP contribution in [0.4, 0.5) is 0 Å². The van der Waals surface area contributed by atoms with E-state index in [1.807, 2.05) is 0 Å². The molecular formula is C13H21BrP+. The molecule has 0 N–H and O–H groups in total. The summed E-state index contributed by atoms with van der Waals surface area (Å²) >= 11 is 4.05. The molecule has 0 aliphatic rings. The van der Waals surface area contributed by atoms with Crippen LogP contribution >= 0.6 is 21.5 Å². The molecule has 0 saturated carbocycles. The Kier molecular flexibility index (Phi) is 5.86. The maximum atomic E-state index is 4.05. The number of hydrogen-bond donors (Lipinski definition) is 0. The normalized spacial score (nSPS) is 11.7. The smallest absolute Gasteiger partial charge is 0.0622 e. The number of halogens is 1. The van der Waals surface area contributed by atoms with Gasteiger partial charge in [-0.15, -0.1) is 0 Å². The van der Waals surface area contributed by atoms with Crippen molar-refractivity contribution >= 4 is 21.5 Å². The van der Waals surface area contributed by atoms with E-state index < -0.39 is 5.96 Å². The lowest BCUT2D eigenvalue weighted by molar-refractivity contribution is 1.04. The maximum absolute atomic E-state index is 4.05. The minimum absolute atomic E-state index is 0.879. The van der Waals surface area contributed by atoms with Crippen molar-refractivity contribution in [3.63, 3.8) is 0 Å². The molecule has 0 heterocycles. The fourth-order valence-corrected chi connectivity index (χ4v) is 7.99. The first kappa shape index (κ1) is 13.2. The van der Waals surface area contributed by atoms with Crippen molar-refractivity contribution in [3.05, 3.63) is 35.9 Å². The van der Waals surface area contributed by atoms with E-state index in [0.717, 1.165) is 0 Å². The van der Waals surface area contributed by atoms with Crippen LogP contribution in [0.1, 0.15) is 32.3 Å². The fraction of sp³-hybridized carbons (Fsp3) is 0.538. The van der Waals surface area contributed by atoms with Crippen LogP contribution in [0, 0.1) is 0 Å². The van der Waals surface area contributed by atoms with Crippen LogP contribution in [0.15, 0.2) is 30.3 Å². The number of rotatable bonds is 6. The highest BCUT2D eigenvalue weighted by Crippen LogP contribution is 2.69. The topological polar surface area (TPSA) is 0 Å². The van der Waals surface area contributed by atoms with E-state index in [4.69, 9.17) is 0 Å². The fourth-order valence-electron chi connectivity index (χ4n) is 1.98. The molecule has 2 heteroatoms. The molecule has 0 amide bonds. The second-order valence-corrected chi connectivity index (χ2v) is 11.9. The summed E-state index contributed by atoms with van der Waals surface area (Å²) in [5, 5.41) is 0. The molecule has 0 atom stereocenters. The molecule has 0 bridgehead atoms. The van der Waals surface area contributed by atoms with Crippen molar-refractivity contribution in [2.24, 2.45) is 0 Å². The lowest BCUT2D eigenvalue weighted by Crippen LogP contribution is -1.99. The van der Waals surface area contributed by atoms with E-state index in [2.05, 4.69) is 59.7 Å². The van der Waals surface area contributed by atoms with Gasteiger partial charge in [-0.2, -0.15) is 0 Å².